The summed E-state index contributed by atoms with van der Waals surface area (Å²) in [6, 6.07) is 11.5. The molecule has 0 radical (unpaired) electrons. The third-order valence-electron chi connectivity index (χ3n) is 2.87. The first kappa shape index (κ1) is 14.2. The molecule has 0 aromatic heterocycles. The molecule has 0 atom stereocenters. The topological polar surface area (TPSA) is 69.6 Å². The lowest BCUT2D eigenvalue weighted by atomic mass is 10.1. The minimum atomic E-state index is -0.318. The summed E-state index contributed by atoms with van der Waals surface area (Å²) in [6.07, 6.45) is 0. The van der Waals surface area contributed by atoms with Gasteiger partial charge in [-0.25, -0.2) is 0 Å². The van der Waals surface area contributed by atoms with Crippen LogP contribution < -0.4 is 5.32 Å². The van der Waals surface area contributed by atoms with Crippen LogP contribution in [0, 0.1) is 0 Å². The Hall–Kier alpha value is -2.20. The average molecular weight is 292 g/mol. The molecule has 2 aromatic carbocycles. The summed E-state index contributed by atoms with van der Waals surface area (Å²) in [5.74, 6) is -0.427. The average Bonchev–Trinajstić information content (AvgIpc) is 2.48. The Morgan fingerprint density at radius 1 is 1.00 bits per heavy atom. The maximum atomic E-state index is 11.9. The van der Waals surface area contributed by atoms with Gasteiger partial charge in [-0.05, 0) is 29.3 Å². The number of halogens is 1. The highest BCUT2D eigenvalue weighted by Crippen LogP contribution is 2.24. The van der Waals surface area contributed by atoms with Gasteiger partial charge in [0.1, 0.15) is 0 Å². The molecule has 0 unspecified atom stereocenters. The molecule has 0 aliphatic heterocycles. The van der Waals surface area contributed by atoms with Crippen molar-refractivity contribution in [2.75, 3.05) is 0 Å². The van der Waals surface area contributed by atoms with Crippen LogP contribution in [0.15, 0.2) is 42.5 Å². The molecule has 3 N–H and O–H groups in total. The van der Waals surface area contributed by atoms with Crippen molar-refractivity contribution in [3.05, 3.63) is 59.2 Å². The SMILES string of the molecule is O=C(NCc1ccc(CCl)cc1)c1ccc(O)c(O)c1. The van der Waals surface area contributed by atoms with E-state index in [1.165, 1.54) is 18.2 Å². The number of phenols is 2. The van der Waals surface area contributed by atoms with Gasteiger partial charge in [0, 0.05) is 18.0 Å². The first-order valence-electron chi connectivity index (χ1n) is 6.04. The minimum Gasteiger partial charge on any atom is -0.504 e. The van der Waals surface area contributed by atoms with E-state index in [2.05, 4.69) is 5.32 Å². The Balaban J connectivity index is 1.98. The Morgan fingerprint density at radius 3 is 2.25 bits per heavy atom. The summed E-state index contributed by atoms with van der Waals surface area (Å²) < 4.78 is 0. The van der Waals surface area contributed by atoms with E-state index in [1.54, 1.807) is 0 Å². The smallest absolute Gasteiger partial charge is 0.251 e. The predicted octanol–water partition coefficient (Wildman–Crippen LogP) is 2.77. The number of amides is 1. The first-order chi connectivity index (χ1) is 9.60. The Kier molecular flexibility index (Phi) is 4.48. The van der Waals surface area contributed by atoms with Crippen LogP contribution in [0.5, 0.6) is 11.5 Å². The number of phenolic OH excluding ortho intramolecular Hbond substituents is 2. The molecular weight excluding hydrogens is 278 g/mol. The number of hydrogen-bond donors (Lipinski definition) is 3. The summed E-state index contributed by atoms with van der Waals surface area (Å²) >= 11 is 5.70. The number of benzene rings is 2. The molecule has 104 valence electrons. The van der Waals surface area contributed by atoms with E-state index in [-0.39, 0.29) is 23.0 Å². The van der Waals surface area contributed by atoms with E-state index in [0.717, 1.165) is 11.1 Å². The van der Waals surface area contributed by atoms with E-state index in [0.29, 0.717) is 12.4 Å². The monoisotopic (exact) mass is 291 g/mol. The van der Waals surface area contributed by atoms with Gasteiger partial charge in [-0.1, -0.05) is 24.3 Å². The molecule has 0 saturated heterocycles. The van der Waals surface area contributed by atoms with Crippen LogP contribution in [0.2, 0.25) is 0 Å². The number of hydrogen-bond acceptors (Lipinski definition) is 3. The van der Waals surface area contributed by atoms with Crippen molar-refractivity contribution in [1.82, 2.24) is 5.32 Å². The molecule has 0 heterocycles. The van der Waals surface area contributed by atoms with Gasteiger partial charge in [0.05, 0.1) is 0 Å². The molecule has 4 nitrogen and oxygen atoms in total. The number of alkyl halides is 1. The summed E-state index contributed by atoms with van der Waals surface area (Å²) in [5.41, 5.74) is 2.26. The number of rotatable bonds is 4. The maximum Gasteiger partial charge on any atom is 0.251 e. The number of carbonyl (C=O) groups is 1. The van der Waals surface area contributed by atoms with Crippen molar-refractivity contribution in [3.8, 4) is 11.5 Å². The number of aromatic hydroxyl groups is 2. The van der Waals surface area contributed by atoms with Crippen LogP contribution in [-0.2, 0) is 12.4 Å². The fraction of sp³-hybridized carbons (Fsp3) is 0.133. The molecule has 2 rings (SSSR count). The molecule has 0 bridgehead atoms. The highest BCUT2D eigenvalue weighted by molar-refractivity contribution is 6.17. The number of carbonyl (C=O) groups excluding carboxylic acids is 1. The molecule has 0 aliphatic rings. The van der Waals surface area contributed by atoms with Crippen LogP contribution in [0.4, 0.5) is 0 Å². The van der Waals surface area contributed by atoms with Gasteiger partial charge >= 0.3 is 0 Å². The zero-order valence-electron chi connectivity index (χ0n) is 10.6. The largest absolute Gasteiger partial charge is 0.504 e. The fourth-order valence-corrected chi connectivity index (χ4v) is 1.87. The van der Waals surface area contributed by atoms with Gasteiger partial charge in [-0.2, -0.15) is 0 Å². The van der Waals surface area contributed by atoms with Crippen molar-refractivity contribution in [3.63, 3.8) is 0 Å². The van der Waals surface area contributed by atoms with Crippen LogP contribution in [0.3, 0.4) is 0 Å². The highest BCUT2D eigenvalue weighted by atomic mass is 35.5. The van der Waals surface area contributed by atoms with Crippen LogP contribution >= 0.6 is 11.6 Å². The van der Waals surface area contributed by atoms with Crippen molar-refractivity contribution in [2.45, 2.75) is 12.4 Å². The van der Waals surface area contributed by atoms with Crippen LogP contribution in [0.25, 0.3) is 0 Å². The Bertz CT molecular complexity index is 611. The van der Waals surface area contributed by atoms with E-state index < -0.39 is 0 Å². The summed E-state index contributed by atoms with van der Waals surface area (Å²) in [6.45, 7) is 0.378. The third-order valence-corrected chi connectivity index (χ3v) is 3.18. The van der Waals surface area contributed by atoms with Gasteiger partial charge < -0.3 is 15.5 Å². The molecule has 20 heavy (non-hydrogen) atoms. The van der Waals surface area contributed by atoms with E-state index in [9.17, 15) is 15.0 Å². The van der Waals surface area contributed by atoms with Crippen molar-refractivity contribution < 1.29 is 15.0 Å². The molecule has 0 saturated carbocycles. The molecule has 0 spiro atoms. The van der Waals surface area contributed by atoms with Gasteiger partial charge in [0.2, 0.25) is 0 Å². The van der Waals surface area contributed by atoms with E-state index in [4.69, 9.17) is 11.6 Å². The summed E-state index contributed by atoms with van der Waals surface area (Å²) in [7, 11) is 0. The lowest BCUT2D eigenvalue weighted by Crippen LogP contribution is -2.22. The standard InChI is InChI=1S/C15H14ClNO3/c16-8-10-1-3-11(4-2-10)9-17-15(20)12-5-6-13(18)14(19)7-12/h1-7,18-19H,8-9H2,(H,17,20). The van der Waals surface area contributed by atoms with E-state index in [1.807, 2.05) is 24.3 Å². The fourth-order valence-electron chi connectivity index (χ4n) is 1.70. The predicted molar refractivity (Wildman–Crippen MR) is 76.9 cm³/mol. The molecule has 0 aliphatic carbocycles. The van der Waals surface area contributed by atoms with Crippen molar-refractivity contribution in [2.24, 2.45) is 0 Å². The van der Waals surface area contributed by atoms with Crippen molar-refractivity contribution >= 4 is 17.5 Å². The molecule has 5 heteroatoms. The lowest BCUT2D eigenvalue weighted by molar-refractivity contribution is 0.0950. The van der Waals surface area contributed by atoms with Crippen LogP contribution in [0.1, 0.15) is 21.5 Å². The van der Waals surface area contributed by atoms with E-state index >= 15 is 0 Å². The summed E-state index contributed by atoms with van der Waals surface area (Å²) in [4.78, 5) is 11.9. The molecule has 1 amide bonds. The normalized spacial score (nSPS) is 10.2. The third kappa shape index (κ3) is 3.42. The zero-order valence-corrected chi connectivity index (χ0v) is 11.4. The minimum absolute atomic E-state index is 0.252. The molecular formula is C15H14ClNO3. The Labute approximate surface area is 121 Å². The second kappa shape index (κ2) is 6.30. The van der Waals surface area contributed by atoms with Gasteiger partial charge in [-0.3, -0.25) is 4.79 Å². The summed E-state index contributed by atoms with van der Waals surface area (Å²) in [5, 5.41) is 21.3. The maximum absolute atomic E-state index is 11.9. The highest BCUT2D eigenvalue weighted by Gasteiger charge is 2.08. The second-order valence-corrected chi connectivity index (χ2v) is 4.60. The number of nitrogens with one attached hydrogen (secondary N) is 1. The van der Waals surface area contributed by atoms with Gasteiger partial charge in [-0.15, -0.1) is 11.6 Å². The first-order valence-corrected chi connectivity index (χ1v) is 6.57. The second-order valence-electron chi connectivity index (χ2n) is 4.34. The van der Waals surface area contributed by atoms with Gasteiger partial charge in [0.25, 0.3) is 5.91 Å². The van der Waals surface area contributed by atoms with Crippen LogP contribution in [-0.4, -0.2) is 16.1 Å². The quantitative estimate of drug-likeness (QED) is 0.599. The van der Waals surface area contributed by atoms with Gasteiger partial charge in [0.15, 0.2) is 11.5 Å². The van der Waals surface area contributed by atoms with Crippen molar-refractivity contribution in [1.29, 1.82) is 0 Å². The zero-order chi connectivity index (χ0) is 14.5. The molecule has 0 fully saturated rings. The molecule has 2 aromatic rings. The lowest BCUT2D eigenvalue weighted by Gasteiger charge is -2.07. The Morgan fingerprint density at radius 2 is 1.65 bits per heavy atom.